The fraction of sp³-hybridized carbons (Fsp3) is 0.727. The molecule has 0 N–H and O–H groups in total. The summed E-state index contributed by atoms with van der Waals surface area (Å²) >= 11 is 0. The number of carbonyl (C=O) groups excluding carboxylic acids is 1. The van der Waals surface area contributed by atoms with Gasteiger partial charge in [0.15, 0.2) is 0 Å². The molecule has 0 aromatic carbocycles. The fourth-order valence-corrected chi connectivity index (χ4v) is 1.48. The lowest BCUT2D eigenvalue weighted by Gasteiger charge is -2.30. The van der Waals surface area contributed by atoms with Crippen LogP contribution in [-0.4, -0.2) is 29.5 Å². The van der Waals surface area contributed by atoms with Gasteiger partial charge >= 0.3 is 0 Å². The van der Waals surface area contributed by atoms with E-state index in [-0.39, 0.29) is 5.57 Å². The van der Waals surface area contributed by atoms with Crippen molar-refractivity contribution in [3.8, 4) is 0 Å². The molecule has 0 atom stereocenters. The first-order valence-electron chi connectivity index (χ1n) is 5.01. The van der Waals surface area contributed by atoms with Crippen molar-refractivity contribution < 1.29 is 9.90 Å². The molecule has 0 aliphatic carbocycles. The van der Waals surface area contributed by atoms with Crippen molar-refractivity contribution in [1.29, 1.82) is 0 Å². The Balaban J connectivity index is 4.07. The topological polar surface area (TPSA) is 43.4 Å². The van der Waals surface area contributed by atoms with Gasteiger partial charge in [0, 0.05) is 18.6 Å². The van der Waals surface area contributed by atoms with Crippen LogP contribution >= 0.6 is 0 Å². The highest BCUT2D eigenvalue weighted by molar-refractivity contribution is 5.83. The molecule has 14 heavy (non-hydrogen) atoms. The van der Waals surface area contributed by atoms with Crippen molar-refractivity contribution in [1.82, 2.24) is 4.90 Å². The lowest BCUT2D eigenvalue weighted by Crippen LogP contribution is -2.38. The van der Waals surface area contributed by atoms with Crippen LogP contribution in [0.25, 0.3) is 0 Å². The summed E-state index contributed by atoms with van der Waals surface area (Å²) in [6.07, 6.45) is 0.471. The van der Waals surface area contributed by atoms with E-state index < -0.39 is 5.97 Å². The van der Waals surface area contributed by atoms with Crippen LogP contribution in [0.15, 0.2) is 12.2 Å². The number of carboxylic acid groups (broad SMARTS) is 1. The highest BCUT2D eigenvalue weighted by atomic mass is 16.4. The zero-order valence-electron chi connectivity index (χ0n) is 9.54. The minimum Gasteiger partial charge on any atom is -0.545 e. The van der Waals surface area contributed by atoms with Crippen LogP contribution in [0.5, 0.6) is 0 Å². The Hall–Kier alpha value is -0.830. The van der Waals surface area contributed by atoms with E-state index >= 15 is 0 Å². The van der Waals surface area contributed by atoms with Crippen LogP contribution in [0.4, 0.5) is 0 Å². The van der Waals surface area contributed by atoms with Crippen LogP contribution in [-0.2, 0) is 4.79 Å². The normalized spacial score (nSPS) is 11.4. The molecule has 0 saturated heterocycles. The molecule has 0 rings (SSSR count). The number of carboxylic acids is 1. The van der Waals surface area contributed by atoms with E-state index in [1.807, 2.05) is 0 Å². The van der Waals surface area contributed by atoms with Gasteiger partial charge in [-0.3, -0.25) is 4.90 Å². The highest BCUT2D eigenvalue weighted by Gasteiger charge is 2.12. The number of hydrogen-bond donors (Lipinski definition) is 0. The highest BCUT2D eigenvalue weighted by Crippen LogP contribution is 2.08. The molecule has 0 amide bonds. The monoisotopic (exact) mass is 198 g/mol. The third kappa shape index (κ3) is 4.42. The molecule has 0 fully saturated rings. The van der Waals surface area contributed by atoms with Crippen molar-refractivity contribution >= 4 is 5.97 Å². The summed E-state index contributed by atoms with van der Waals surface area (Å²) in [6.45, 7) is 12.6. The molecule has 0 spiro atoms. The van der Waals surface area contributed by atoms with Crippen LogP contribution < -0.4 is 5.11 Å². The van der Waals surface area contributed by atoms with Gasteiger partial charge in [-0.05, 0) is 39.7 Å². The summed E-state index contributed by atoms with van der Waals surface area (Å²) in [5, 5.41) is 10.4. The van der Waals surface area contributed by atoms with Gasteiger partial charge in [-0.1, -0.05) is 6.58 Å². The first-order chi connectivity index (χ1) is 6.36. The Kier molecular flexibility index (Phi) is 5.46. The zero-order chi connectivity index (χ0) is 11.3. The van der Waals surface area contributed by atoms with E-state index in [1.54, 1.807) is 0 Å². The third-order valence-electron chi connectivity index (χ3n) is 2.29. The van der Waals surface area contributed by atoms with Gasteiger partial charge in [0.05, 0.1) is 5.97 Å². The molecule has 3 heteroatoms. The molecule has 3 nitrogen and oxygen atoms in total. The summed E-state index contributed by atoms with van der Waals surface area (Å²) in [6, 6.07) is 0.842. The Morgan fingerprint density at radius 3 is 2.00 bits per heavy atom. The zero-order valence-corrected chi connectivity index (χ0v) is 9.54. The largest absolute Gasteiger partial charge is 0.545 e. The number of hydrogen-bond acceptors (Lipinski definition) is 3. The van der Waals surface area contributed by atoms with Gasteiger partial charge in [0.1, 0.15) is 0 Å². The van der Waals surface area contributed by atoms with E-state index in [0.29, 0.717) is 18.5 Å². The van der Waals surface area contributed by atoms with E-state index in [2.05, 4.69) is 39.2 Å². The first kappa shape index (κ1) is 13.2. The number of carbonyl (C=O) groups is 1. The third-order valence-corrected chi connectivity index (χ3v) is 2.29. The van der Waals surface area contributed by atoms with Gasteiger partial charge in [0.2, 0.25) is 0 Å². The van der Waals surface area contributed by atoms with Crippen molar-refractivity contribution in [3.05, 3.63) is 12.2 Å². The molecule has 0 bridgehead atoms. The average Bonchev–Trinajstić information content (AvgIpc) is 2.02. The van der Waals surface area contributed by atoms with Crippen molar-refractivity contribution in [2.45, 2.75) is 46.2 Å². The summed E-state index contributed by atoms with van der Waals surface area (Å²) in [5.41, 5.74) is 0.177. The van der Waals surface area contributed by atoms with Crippen molar-refractivity contribution in [2.24, 2.45) is 0 Å². The maximum atomic E-state index is 10.4. The maximum absolute atomic E-state index is 10.4. The molecule has 0 unspecified atom stereocenters. The van der Waals surface area contributed by atoms with Crippen LogP contribution in [0.1, 0.15) is 34.1 Å². The van der Waals surface area contributed by atoms with Crippen molar-refractivity contribution in [2.75, 3.05) is 6.54 Å². The SMILES string of the molecule is C=C(CCN(C(C)C)C(C)C)C(=O)[O-]. The molecular weight excluding hydrogens is 178 g/mol. The minimum absolute atomic E-state index is 0.177. The second-order valence-electron chi connectivity index (χ2n) is 4.07. The van der Waals surface area contributed by atoms with E-state index in [9.17, 15) is 9.90 Å². The quantitative estimate of drug-likeness (QED) is 0.593. The number of nitrogens with zero attached hydrogens (tertiary/aromatic N) is 1. The Morgan fingerprint density at radius 2 is 1.71 bits per heavy atom. The minimum atomic E-state index is -1.14. The molecular formula is C11H20NO2-. The molecule has 0 saturated carbocycles. The summed E-state index contributed by atoms with van der Waals surface area (Å²) in [7, 11) is 0. The average molecular weight is 198 g/mol. The van der Waals surface area contributed by atoms with E-state index in [1.165, 1.54) is 0 Å². The summed E-state index contributed by atoms with van der Waals surface area (Å²) in [5.74, 6) is -1.14. The molecule has 0 aromatic rings. The Bertz CT molecular complexity index is 201. The smallest absolute Gasteiger partial charge is 0.0669 e. The van der Waals surface area contributed by atoms with Crippen LogP contribution in [0, 0.1) is 0 Å². The number of rotatable bonds is 6. The molecule has 0 heterocycles. The molecule has 0 radical (unpaired) electrons. The Morgan fingerprint density at radius 1 is 1.29 bits per heavy atom. The van der Waals surface area contributed by atoms with Gasteiger partial charge in [-0.25, -0.2) is 0 Å². The second-order valence-corrected chi connectivity index (χ2v) is 4.07. The van der Waals surface area contributed by atoms with Gasteiger partial charge in [-0.2, -0.15) is 0 Å². The number of aliphatic carboxylic acids is 1. The molecule has 0 aliphatic heterocycles. The predicted octanol–water partition coefficient (Wildman–Crippen LogP) is 0.801. The summed E-state index contributed by atoms with van der Waals surface area (Å²) < 4.78 is 0. The molecule has 0 aliphatic rings. The van der Waals surface area contributed by atoms with Gasteiger partial charge in [0.25, 0.3) is 0 Å². The standard InChI is InChI=1S/C11H21NO2/c1-8(2)12(9(3)4)7-6-10(5)11(13)14/h8-9H,5-7H2,1-4H3,(H,13,14)/p-1. The van der Waals surface area contributed by atoms with Crippen LogP contribution in [0.2, 0.25) is 0 Å². The lowest BCUT2D eigenvalue weighted by atomic mass is 10.1. The molecule has 82 valence electrons. The first-order valence-corrected chi connectivity index (χ1v) is 5.01. The second kappa shape index (κ2) is 5.81. The van der Waals surface area contributed by atoms with Crippen LogP contribution in [0.3, 0.4) is 0 Å². The summed E-state index contributed by atoms with van der Waals surface area (Å²) in [4.78, 5) is 12.7. The van der Waals surface area contributed by atoms with E-state index in [0.717, 1.165) is 6.54 Å². The Labute approximate surface area is 86.4 Å². The van der Waals surface area contributed by atoms with Gasteiger partial charge in [-0.15, -0.1) is 0 Å². The van der Waals surface area contributed by atoms with Gasteiger partial charge < -0.3 is 9.90 Å². The maximum Gasteiger partial charge on any atom is 0.0669 e. The molecule has 0 aromatic heterocycles. The van der Waals surface area contributed by atoms with E-state index in [4.69, 9.17) is 0 Å². The van der Waals surface area contributed by atoms with Crippen molar-refractivity contribution in [3.63, 3.8) is 0 Å². The predicted molar refractivity (Wildman–Crippen MR) is 55.7 cm³/mol. The fourth-order valence-electron chi connectivity index (χ4n) is 1.48. The lowest BCUT2D eigenvalue weighted by molar-refractivity contribution is -0.299.